The fourth-order valence-electron chi connectivity index (χ4n) is 5.38. The number of urea groups is 1. The number of piperidine rings is 1. The zero-order valence-electron chi connectivity index (χ0n) is 23.8. The number of hydrogen-bond acceptors (Lipinski definition) is 5. The standard InChI is InChI=1S/C31H39N5O4/c1-20-5-8-24(28(37)36-15-13-23(14-16-36)22-9-6-21(19-32)7-10-22)17-27(20)35-29(38)33-25-11-12-26(18-25)34-30(39)40-31(2,3)4/h5-10,17,23,25-26H,11-16,18H2,1-4H3,(H,34,39)(H2,33,35,38)/t25-,26-/m0/s1. The van der Waals surface area contributed by atoms with Crippen LogP contribution in [0.4, 0.5) is 15.3 Å². The molecule has 2 atom stereocenters. The lowest BCUT2D eigenvalue weighted by Crippen LogP contribution is -2.40. The first-order valence-corrected chi connectivity index (χ1v) is 14.0. The number of anilines is 1. The number of carbonyl (C=O) groups is 3. The van der Waals surface area contributed by atoms with E-state index in [2.05, 4.69) is 22.0 Å². The molecule has 3 N–H and O–H groups in total. The molecule has 40 heavy (non-hydrogen) atoms. The predicted octanol–water partition coefficient (Wildman–Crippen LogP) is 5.45. The highest BCUT2D eigenvalue weighted by Crippen LogP contribution is 2.29. The highest BCUT2D eigenvalue weighted by Gasteiger charge is 2.29. The summed E-state index contributed by atoms with van der Waals surface area (Å²) >= 11 is 0. The number of amides is 4. The Morgan fingerprint density at radius 1 is 0.950 bits per heavy atom. The van der Waals surface area contributed by atoms with Crippen LogP contribution in [0, 0.1) is 18.3 Å². The van der Waals surface area contributed by atoms with Crippen LogP contribution in [0.25, 0.3) is 0 Å². The second-order valence-corrected chi connectivity index (χ2v) is 11.8. The van der Waals surface area contributed by atoms with Crippen molar-refractivity contribution in [2.45, 2.75) is 83.4 Å². The number of alkyl carbamates (subject to hydrolysis) is 1. The molecule has 2 aromatic carbocycles. The Hall–Kier alpha value is -4.06. The molecule has 4 amide bonds. The molecule has 2 aromatic rings. The molecule has 0 unspecified atom stereocenters. The smallest absolute Gasteiger partial charge is 0.407 e. The van der Waals surface area contributed by atoms with Gasteiger partial charge in [0.2, 0.25) is 0 Å². The van der Waals surface area contributed by atoms with E-state index in [0.29, 0.717) is 42.2 Å². The number of nitrogens with one attached hydrogen (secondary N) is 3. The highest BCUT2D eigenvalue weighted by atomic mass is 16.6. The maximum Gasteiger partial charge on any atom is 0.407 e. The van der Waals surface area contributed by atoms with Gasteiger partial charge in [-0.3, -0.25) is 4.79 Å². The van der Waals surface area contributed by atoms with Crippen molar-refractivity contribution < 1.29 is 19.1 Å². The van der Waals surface area contributed by atoms with E-state index in [9.17, 15) is 14.4 Å². The minimum Gasteiger partial charge on any atom is -0.444 e. The van der Waals surface area contributed by atoms with E-state index in [1.165, 1.54) is 5.56 Å². The number of nitrogens with zero attached hydrogens (tertiary/aromatic N) is 2. The van der Waals surface area contributed by atoms with Crippen LogP contribution in [0.2, 0.25) is 0 Å². The van der Waals surface area contributed by atoms with Gasteiger partial charge in [0.05, 0.1) is 11.6 Å². The maximum atomic E-state index is 13.3. The van der Waals surface area contributed by atoms with Gasteiger partial charge in [0.15, 0.2) is 0 Å². The average Bonchev–Trinajstić information content (AvgIpc) is 3.34. The van der Waals surface area contributed by atoms with E-state index in [4.69, 9.17) is 10.00 Å². The largest absolute Gasteiger partial charge is 0.444 e. The molecule has 2 aliphatic rings. The van der Waals surface area contributed by atoms with Gasteiger partial charge in [0, 0.05) is 36.4 Å². The zero-order chi connectivity index (χ0) is 28.9. The van der Waals surface area contributed by atoms with Gasteiger partial charge in [0.1, 0.15) is 5.60 Å². The topological polar surface area (TPSA) is 124 Å². The molecule has 1 saturated carbocycles. The lowest BCUT2D eigenvalue weighted by molar-refractivity contribution is 0.0505. The molecule has 0 radical (unpaired) electrons. The van der Waals surface area contributed by atoms with Gasteiger partial charge in [-0.05, 0) is 101 Å². The molecule has 1 saturated heterocycles. The van der Waals surface area contributed by atoms with Crippen LogP contribution in [0.1, 0.15) is 85.8 Å². The van der Waals surface area contributed by atoms with Gasteiger partial charge in [-0.1, -0.05) is 18.2 Å². The van der Waals surface area contributed by atoms with E-state index in [0.717, 1.165) is 31.2 Å². The molecule has 1 aliphatic carbocycles. The lowest BCUT2D eigenvalue weighted by Gasteiger charge is -2.32. The van der Waals surface area contributed by atoms with Crippen LogP contribution >= 0.6 is 0 Å². The third-order valence-corrected chi connectivity index (χ3v) is 7.51. The van der Waals surface area contributed by atoms with Gasteiger partial charge in [-0.25, -0.2) is 9.59 Å². The molecule has 0 spiro atoms. The van der Waals surface area contributed by atoms with Crippen LogP contribution in [0.5, 0.6) is 0 Å². The number of likely N-dealkylation sites (tertiary alicyclic amines) is 1. The van der Waals surface area contributed by atoms with Crippen molar-refractivity contribution >= 4 is 23.7 Å². The molecular formula is C31H39N5O4. The predicted molar refractivity (Wildman–Crippen MR) is 153 cm³/mol. The number of aryl methyl sites for hydroxylation is 1. The quantitative estimate of drug-likeness (QED) is 0.461. The van der Waals surface area contributed by atoms with Crippen molar-refractivity contribution in [1.82, 2.24) is 15.5 Å². The maximum absolute atomic E-state index is 13.3. The minimum atomic E-state index is -0.559. The molecule has 9 heteroatoms. The Kier molecular flexibility index (Phi) is 8.98. The fraction of sp³-hybridized carbons (Fsp3) is 0.484. The first-order chi connectivity index (χ1) is 19.0. The Morgan fingerprint density at radius 3 is 2.23 bits per heavy atom. The van der Waals surface area contributed by atoms with Crippen LogP contribution in [-0.2, 0) is 4.74 Å². The summed E-state index contributed by atoms with van der Waals surface area (Å²) < 4.78 is 5.33. The van der Waals surface area contributed by atoms with E-state index in [1.54, 1.807) is 12.1 Å². The molecular weight excluding hydrogens is 506 g/mol. The Morgan fingerprint density at radius 2 is 1.60 bits per heavy atom. The van der Waals surface area contributed by atoms with Crippen LogP contribution < -0.4 is 16.0 Å². The molecule has 9 nitrogen and oxygen atoms in total. The minimum absolute atomic E-state index is 0.0476. The van der Waals surface area contributed by atoms with Crippen LogP contribution in [0.15, 0.2) is 42.5 Å². The normalized spacial score (nSPS) is 19.4. The molecule has 212 valence electrons. The Bertz CT molecular complexity index is 1270. The van der Waals surface area contributed by atoms with Crippen molar-refractivity contribution in [3.05, 3.63) is 64.7 Å². The van der Waals surface area contributed by atoms with Crippen molar-refractivity contribution in [3.8, 4) is 6.07 Å². The monoisotopic (exact) mass is 545 g/mol. The first kappa shape index (κ1) is 28.9. The van der Waals surface area contributed by atoms with Crippen LogP contribution in [0.3, 0.4) is 0 Å². The van der Waals surface area contributed by atoms with Crippen LogP contribution in [-0.4, -0.2) is 53.7 Å². The summed E-state index contributed by atoms with van der Waals surface area (Å²) in [6.07, 6.45) is 3.42. The van der Waals surface area contributed by atoms with Gasteiger partial charge in [-0.2, -0.15) is 5.26 Å². The van der Waals surface area contributed by atoms with E-state index in [1.807, 2.05) is 62.9 Å². The van der Waals surface area contributed by atoms with Gasteiger partial charge in [-0.15, -0.1) is 0 Å². The summed E-state index contributed by atoms with van der Waals surface area (Å²) in [5.41, 5.74) is 3.29. The van der Waals surface area contributed by atoms with Gasteiger partial charge in [0.25, 0.3) is 5.91 Å². The SMILES string of the molecule is Cc1ccc(C(=O)N2CCC(c3ccc(C#N)cc3)CC2)cc1NC(=O)N[C@H]1CC[C@H](NC(=O)OC(C)(C)C)C1. The first-order valence-electron chi connectivity index (χ1n) is 14.0. The summed E-state index contributed by atoms with van der Waals surface area (Å²) in [6, 6.07) is 14.8. The van der Waals surface area contributed by atoms with Crippen molar-refractivity contribution in [2.75, 3.05) is 18.4 Å². The molecule has 2 fully saturated rings. The fourth-order valence-corrected chi connectivity index (χ4v) is 5.38. The highest BCUT2D eigenvalue weighted by molar-refractivity contribution is 5.97. The van der Waals surface area contributed by atoms with Gasteiger partial charge >= 0.3 is 12.1 Å². The molecule has 1 aliphatic heterocycles. The second kappa shape index (κ2) is 12.4. The third kappa shape index (κ3) is 7.75. The lowest BCUT2D eigenvalue weighted by atomic mass is 9.89. The second-order valence-electron chi connectivity index (χ2n) is 11.8. The molecule has 0 bridgehead atoms. The van der Waals surface area contributed by atoms with E-state index >= 15 is 0 Å². The summed E-state index contributed by atoms with van der Waals surface area (Å²) in [4.78, 5) is 40.0. The summed E-state index contributed by atoms with van der Waals surface area (Å²) in [7, 11) is 0. The molecule has 0 aromatic heterocycles. The van der Waals surface area contributed by atoms with Crippen molar-refractivity contribution in [2.24, 2.45) is 0 Å². The van der Waals surface area contributed by atoms with Gasteiger partial charge < -0.3 is 25.6 Å². The molecule has 1 heterocycles. The van der Waals surface area contributed by atoms with E-state index in [-0.39, 0.29) is 24.0 Å². The number of nitriles is 1. The summed E-state index contributed by atoms with van der Waals surface area (Å²) in [6.45, 7) is 8.66. The Balaban J connectivity index is 1.28. The van der Waals surface area contributed by atoms with Crippen molar-refractivity contribution in [1.29, 1.82) is 5.26 Å². The summed E-state index contributed by atoms with van der Waals surface area (Å²) in [5.74, 6) is 0.318. The number of benzene rings is 2. The number of carbonyl (C=O) groups excluding carboxylic acids is 3. The zero-order valence-corrected chi connectivity index (χ0v) is 23.8. The number of hydrogen-bond donors (Lipinski definition) is 3. The van der Waals surface area contributed by atoms with E-state index < -0.39 is 11.7 Å². The molecule has 4 rings (SSSR count). The third-order valence-electron chi connectivity index (χ3n) is 7.51. The number of rotatable bonds is 5. The average molecular weight is 546 g/mol. The Labute approximate surface area is 236 Å². The number of ether oxygens (including phenoxy) is 1. The summed E-state index contributed by atoms with van der Waals surface area (Å²) in [5, 5.41) is 17.8. The van der Waals surface area contributed by atoms with Crippen molar-refractivity contribution in [3.63, 3.8) is 0 Å².